The Hall–Kier alpha value is -2.32. The van der Waals surface area contributed by atoms with Gasteiger partial charge in [-0.25, -0.2) is 4.79 Å². The molecular formula is C23H30N2O4S2. The first-order valence-corrected chi connectivity index (χ1v) is 11.7. The molecule has 8 heteroatoms. The molecule has 3 rings (SSSR count). The summed E-state index contributed by atoms with van der Waals surface area (Å²) in [7, 11) is 4.69. The van der Waals surface area contributed by atoms with Crippen LogP contribution < -0.4 is 20.1 Å². The number of anilines is 1. The van der Waals surface area contributed by atoms with Gasteiger partial charge in [-0.15, -0.1) is 11.3 Å². The number of rotatable bonds is 6. The fraction of sp³-hybridized carbons (Fsp3) is 0.478. The largest absolute Gasteiger partial charge is 0.497 e. The van der Waals surface area contributed by atoms with Crippen LogP contribution in [0.3, 0.4) is 0 Å². The molecule has 2 aromatic rings. The average molecular weight is 463 g/mol. The summed E-state index contributed by atoms with van der Waals surface area (Å²) in [5, 5.41) is 7.75. The molecule has 168 valence electrons. The average Bonchev–Trinajstić information content (AvgIpc) is 3.08. The van der Waals surface area contributed by atoms with Crippen molar-refractivity contribution in [2.75, 3.05) is 26.6 Å². The van der Waals surface area contributed by atoms with Crippen LogP contribution in [-0.2, 0) is 17.6 Å². The lowest BCUT2D eigenvalue weighted by molar-refractivity contribution is 0.0601. The topological polar surface area (TPSA) is 68.8 Å². The van der Waals surface area contributed by atoms with Crippen molar-refractivity contribution in [3.05, 3.63) is 39.8 Å². The molecule has 1 atom stereocenters. The van der Waals surface area contributed by atoms with E-state index in [9.17, 15) is 4.79 Å². The summed E-state index contributed by atoms with van der Waals surface area (Å²) in [5.41, 5.74) is 2.67. The fourth-order valence-electron chi connectivity index (χ4n) is 3.92. The Morgan fingerprint density at radius 2 is 1.84 bits per heavy atom. The summed E-state index contributed by atoms with van der Waals surface area (Å²) in [4.78, 5) is 13.9. The van der Waals surface area contributed by atoms with Crippen molar-refractivity contribution in [3.8, 4) is 11.5 Å². The molecule has 6 nitrogen and oxygen atoms in total. The minimum absolute atomic E-state index is 0.132. The lowest BCUT2D eigenvalue weighted by atomic mass is 9.96. The summed E-state index contributed by atoms with van der Waals surface area (Å²) in [6, 6.07) is 5.52. The number of carbonyl (C=O) groups is 1. The Bertz CT molecular complexity index is 942. The number of thiophene rings is 1. The van der Waals surface area contributed by atoms with E-state index < -0.39 is 0 Å². The zero-order valence-electron chi connectivity index (χ0n) is 18.5. The number of carbonyl (C=O) groups excluding carboxylic acids is 1. The molecule has 0 fully saturated rings. The number of esters is 1. The van der Waals surface area contributed by atoms with E-state index in [0.29, 0.717) is 10.7 Å². The summed E-state index contributed by atoms with van der Waals surface area (Å²) in [6.07, 6.45) is 6.54. The summed E-state index contributed by atoms with van der Waals surface area (Å²) in [5.74, 6) is 1.18. The van der Waals surface area contributed by atoms with E-state index in [1.165, 1.54) is 24.8 Å². The molecule has 0 aliphatic heterocycles. The van der Waals surface area contributed by atoms with Crippen LogP contribution in [-0.4, -0.2) is 32.4 Å². The minimum Gasteiger partial charge on any atom is -0.497 e. The van der Waals surface area contributed by atoms with E-state index in [0.717, 1.165) is 53.3 Å². The first kappa shape index (κ1) is 23.3. The molecule has 1 unspecified atom stereocenters. The molecule has 0 spiro atoms. The van der Waals surface area contributed by atoms with Gasteiger partial charge >= 0.3 is 5.97 Å². The van der Waals surface area contributed by atoms with Crippen LogP contribution in [0.4, 0.5) is 5.00 Å². The highest BCUT2D eigenvalue weighted by Crippen LogP contribution is 2.37. The molecule has 0 radical (unpaired) electrons. The maximum absolute atomic E-state index is 12.6. The molecule has 31 heavy (non-hydrogen) atoms. The Morgan fingerprint density at radius 1 is 1.10 bits per heavy atom. The van der Waals surface area contributed by atoms with Crippen LogP contribution in [0.5, 0.6) is 11.5 Å². The van der Waals surface area contributed by atoms with E-state index in [4.69, 9.17) is 26.4 Å². The van der Waals surface area contributed by atoms with Crippen molar-refractivity contribution in [3.63, 3.8) is 0 Å². The third-order valence-electron chi connectivity index (χ3n) is 5.54. The lowest BCUT2D eigenvalue weighted by Crippen LogP contribution is -2.31. The zero-order valence-corrected chi connectivity index (χ0v) is 20.1. The molecule has 1 aliphatic rings. The Morgan fingerprint density at radius 3 is 2.52 bits per heavy atom. The molecule has 1 heterocycles. The Labute approximate surface area is 193 Å². The summed E-state index contributed by atoms with van der Waals surface area (Å²) < 4.78 is 15.9. The highest BCUT2D eigenvalue weighted by Gasteiger charge is 2.25. The van der Waals surface area contributed by atoms with Crippen LogP contribution in [0.15, 0.2) is 18.2 Å². The second-order valence-corrected chi connectivity index (χ2v) is 9.06. The van der Waals surface area contributed by atoms with Gasteiger partial charge in [0.1, 0.15) is 16.5 Å². The number of thiocarbonyl (C=S) groups is 1. The standard InChI is InChI=1S/C23H30N2O4S2/c1-14(17-13-15(27-2)11-12-18(17)28-3)24-23(30)25-21-20(22(26)29-4)16-9-7-5-6-8-10-19(16)31-21/h11-14H,5-10H2,1-4H3,(H2,24,25,30). The van der Waals surface area contributed by atoms with Crippen LogP contribution in [0.25, 0.3) is 0 Å². The Balaban J connectivity index is 1.82. The molecule has 0 bridgehead atoms. The second kappa shape index (κ2) is 10.8. The van der Waals surface area contributed by atoms with Gasteiger partial charge in [0.25, 0.3) is 0 Å². The quantitative estimate of drug-likeness (QED) is 0.448. The second-order valence-electron chi connectivity index (χ2n) is 7.54. The first-order valence-electron chi connectivity index (χ1n) is 10.5. The summed E-state index contributed by atoms with van der Waals surface area (Å²) in [6.45, 7) is 2.00. The number of hydrogen-bond acceptors (Lipinski definition) is 6. The van der Waals surface area contributed by atoms with Crippen molar-refractivity contribution in [2.45, 2.75) is 51.5 Å². The highest BCUT2D eigenvalue weighted by molar-refractivity contribution is 7.80. The van der Waals surface area contributed by atoms with Crippen molar-refractivity contribution in [1.29, 1.82) is 0 Å². The maximum Gasteiger partial charge on any atom is 0.341 e. The molecule has 1 aliphatic carbocycles. The third kappa shape index (κ3) is 5.49. The number of methoxy groups -OCH3 is 3. The van der Waals surface area contributed by atoms with Gasteiger partial charge in [-0.05, 0) is 68.6 Å². The van der Waals surface area contributed by atoms with Crippen LogP contribution in [0, 0.1) is 0 Å². The van der Waals surface area contributed by atoms with Gasteiger partial charge in [0, 0.05) is 10.4 Å². The normalized spacial score (nSPS) is 14.5. The molecule has 1 aromatic carbocycles. The van der Waals surface area contributed by atoms with Crippen molar-refractivity contribution in [1.82, 2.24) is 5.32 Å². The number of hydrogen-bond donors (Lipinski definition) is 2. The number of aryl methyl sites for hydroxylation is 1. The first-order chi connectivity index (χ1) is 15.0. The van der Waals surface area contributed by atoms with E-state index in [1.54, 1.807) is 25.6 Å². The van der Waals surface area contributed by atoms with Crippen LogP contribution >= 0.6 is 23.6 Å². The molecule has 0 amide bonds. The van der Waals surface area contributed by atoms with Gasteiger partial charge in [-0.1, -0.05) is 12.8 Å². The van der Waals surface area contributed by atoms with Crippen molar-refractivity contribution >= 4 is 39.6 Å². The van der Waals surface area contributed by atoms with Crippen LogP contribution in [0.1, 0.15) is 65.0 Å². The monoisotopic (exact) mass is 462 g/mol. The van der Waals surface area contributed by atoms with Crippen LogP contribution in [0.2, 0.25) is 0 Å². The lowest BCUT2D eigenvalue weighted by Gasteiger charge is -2.20. The number of ether oxygens (including phenoxy) is 3. The van der Waals surface area contributed by atoms with E-state index >= 15 is 0 Å². The number of fused-ring (bicyclic) bond motifs is 1. The highest BCUT2D eigenvalue weighted by atomic mass is 32.1. The predicted molar refractivity (Wildman–Crippen MR) is 129 cm³/mol. The molecule has 1 aromatic heterocycles. The molecular weight excluding hydrogens is 432 g/mol. The molecule has 0 saturated heterocycles. The maximum atomic E-state index is 12.6. The van der Waals surface area contributed by atoms with Gasteiger partial charge < -0.3 is 24.8 Å². The Kier molecular flexibility index (Phi) is 8.15. The molecule has 2 N–H and O–H groups in total. The molecule has 0 saturated carbocycles. The smallest absolute Gasteiger partial charge is 0.341 e. The van der Waals surface area contributed by atoms with Gasteiger partial charge in [0.15, 0.2) is 5.11 Å². The minimum atomic E-state index is -0.314. The van der Waals surface area contributed by atoms with Gasteiger partial charge in [-0.2, -0.15) is 0 Å². The van der Waals surface area contributed by atoms with Crippen molar-refractivity contribution in [2.24, 2.45) is 0 Å². The fourth-order valence-corrected chi connectivity index (χ4v) is 5.54. The predicted octanol–water partition coefficient (Wildman–Crippen LogP) is 5.26. The van der Waals surface area contributed by atoms with E-state index in [1.807, 2.05) is 25.1 Å². The van der Waals surface area contributed by atoms with Gasteiger partial charge in [-0.3, -0.25) is 0 Å². The third-order valence-corrected chi connectivity index (χ3v) is 6.97. The van der Waals surface area contributed by atoms with Crippen molar-refractivity contribution < 1.29 is 19.0 Å². The van der Waals surface area contributed by atoms with Gasteiger partial charge in [0.2, 0.25) is 0 Å². The van der Waals surface area contributed by atoms with Gasteiger partial charge in [0.05, 0.1) is 32.9 Å². The SMILES string of the molecule is COC(=O)c1c(NC(=S)NC(C)c2cc(OC)ccc2OC)sc2c1CCCCCC2. The summed E-state index contributed by atoms with van der Waals surface area (Å²) >= 11 is 7.20. The number of benzene rings is 1. The van der Waals surface area contributed by atoms with E-state index in [2.05, 4.69) is 10.6 Å². The zero-order chi connectivity index (χ0) is 22.4. The van der Waals surface area contributed by atoms with E-state index in [-0.39, 0.29) is 12.0 Å². The number of nitrogens with one attached hydrogen (secondary N) is 2.